The fourth-order valence-electron chi connectivity index (χ4n) is 1.37. The predicted molar refractivity (Wildman–Crippen MR) is 74.9 cm³/mol. The molecule has 0 radical (unpaired) electrons. The lowest BCUT2D eigenvalue weighted by Crippen LogP contribution is -2.03. The van der Waals surface area contributed by atoms with Gasteiger partial charge in [0.1, 0.15) is 0 Å². The number of thiazole rings is 1. The number of carbonyl (C=O) groups excluding carboxylic acids is 1. The highest BCUT2D eigenvalue weighted by atomic mass is 32.1. The number of rotatable bonds is 5. The summed E-state index contributed by atoms with van der Waals surface area (Å²) < 4.78 is 5.10. The van der Waals surface area contributed by atoms with Crippen LogP contribution in [0.3, 0.4) is 0 Å². The van der Waals surface area contributed by atoms with Crippen LogP contribution < -0.4 is 0 Å². The van der Waals surface area contributed by atoms with Crippen molar-refractivity contribution in [3.8, 4) is 0 Å². The molecule has 0 bridgehead atoms. The van der Waals surface area contributed by atoms with Crippen molar-refractivity contribution in [1.29, 1.82) is 0 Å². The lowest BCUT2D eigenvalue weighted by atomic mass is 10.3. The predicted octanol–water partition coefficient (Wildman–Crippen LogP) is 3.31. The summed E-state index contributed by atoms with van der Waals surface area (Å²) in [6.45, 7) is 2.35. The van der Waals surface area contributed by atoms with Crippen molar-refractivity contribution in [1.82, 2.24) is 4.98 Å². The van der Waals surface area contributed by atoms with E-state index in [4.69, 9.17) is 4.74 Å². The first-order chi connectivity index (χ1) is 8.74. The van der Waals surface area contributed by atoms with Crippen LogP contribution in [0.15, 0.2) is 29.0 Å². The summed E-state index contributed by atoms with van der Waals surface area (Å²) in [7, 11) is 0. The first-order valence-electron chi connectivity index (χ1n) is 5.53. The molecule has 0 aliphatic heterocycles. The molecule has 5 heteroatoms. The monoisotopic (exact) mass is 279 g/mol. The molecule has 2 aromatic heterocycles. The number of aryl methyl sites for hydroxylation is 1. The molecule has 2 rings (SSSR count). The summed E-state index contributed by atoms with van der Waals surface area (Å²) in [5.41, 5.74) is 0.799. The number of thiophene rings is 1. The molecular formula is C13H13NO2S2. The molecule has 0 spiro atoms. The maximum atomic E-state index is 11.4. The number of nitrogens with zero attached hydrogens (tertiary/aromatic N) is 1. The summed E-state index contributed by atoms with van der Waals surface area (Å²) in [5, 5.41) is 4.91. The van der Waals surface area contributed by atoms with Crippen LogP contribution in [0.4, 0.5) is 0 Å². The highest BCUT2D eigenvalue weighted by molar-refractivity contribution is 7.10. The summed E-state index contributed by atoms with van der Waals surface area (Å²) in [6.07, 6.45) is 3.87. The van der Waals surface area contributed by atoms with Gasteiger partial charge in [0.15, 0.2) is 0 Å². The molecule has 0 atom stereocenters. The van der Waals surface area contributed by atoms with Crippen LogP contribution in [0, 0.1) is 6.92 Å². The maximum Gasteiger partial charge on any atom is 0.330 e. The molecule has 0 saturated heterocycles. The van der Waals surface area contributed by atoms with Gasteiger partial charge >= 0.3 is 5.97 Å². The van der Waals surface area contributed by atoms with Crippen molar-refractivity contribution in [3.63, 3.8) is 0 Å². The van der Waals surface area contributed by atoms with Gasteiger partial charge in [0.05, 0.1) is 17.3 Å². The van der Waals surface area contributed by atoms with Crippen LogP contribution in [0.25, 0.3) is 6.08 Å². The fourth-order valence-corrected chi connectivity index (χ4v) is 2.64. The first kappa shape index (κ1) is 13.0. The van der Waals surface area contributed by atoms with Crippen LogP contribution in [0.5, 0.6) is 0 Å². The van der Waals surface area contributed by atoms with Crippen LogP contribution >= 0.6 is 22.7 Å². The first-order valence-corrected chi connectivity index (χ1v) is 7.29. The molecule has 0 amide bonds. The Morgan fingerprint density at radius 2 is 2.39 bits per heavy atom. The zero-order valence-corrected chi connectivity index (χ0v) is 11.6. The number of hydrogen-bond acceptors (Lipinski definition) is 5. The van der Waals surface area contributed by atoms with E-state index in [9.17, 15) is 4.79 Å². The summed E-state index contributed by atoms with van der Waals surface area (Å²) in [4.78, 5) is 16.9. The molecule has 0 saturated carbocycles. The van der Waals surface area contributed by atoms with Gasteiger partial charge in [-0.25, -0.2) is 9.78 Å². The highest BCUT2D eigenvalue weighted by Crippen LogP contribution is 2.10. The van der Waals surface area contributed by atoms with Crippen molar-refractivity contribution in [2.75, 3.05) is 6.61 Å². The van der Waals surface area contributed by atoms with Crippen molar-refractivity contribution in [2.45, 2.75) is 13.3 Å². The Balaban J connectivity index is 1.73. The van der Waals surface area contributed by atoms with Gasteiger partial charge in [-0.1, -0.05) is 6.07 Å². The van der Waals surface area contributed by atoms with Gasteiger partial charge in [0.25, 0.3) is 0 Å². The molecular weight excluding hydrogens is 266 g/mol. The molecule has 0 aliphatic carbocycles. The van der Waals surface area contributed by atoms with E-state index in [1.165, 1.54) is 11.0 Å². The Morgan fingerprint density at radius 1 is 1.50 bits per heavy atom. The van der Waals surface area contributed by atoms with Gasteiger partial charge in [-0.15, -0.1) is 22.7 Å². The van der Waals surface area contributed by atoms with Crippen molar-refractivity contribution >= 4 is 34.7 Å². The molecule has 94 valence electrons. The van der Waals surface area contributed by atoms with E-state index in [1.54, 1.807) is 28.7 Å². The third-order valence-electron chi connectivity index (χ3n) is 2.20. The largest absolute Gasteiger partial charge is 0.462 e. The lowest BCUT2D eigenvalue weighted by molar-refractivity contribution is -0.137. The Kier molecular flexibility index (Phi) is 4.66. The average molecular weight is 279 g/mol. The zero-order chi connectivity index (χ0) is 12.8. The summed E-state index contributed by atoms with van der Waals surface area (Å²) >= 11 is 3.23. The minimum atomic E-state index is -0.322. The Morgan fingerprint density at radius 3 is 3.06 bits per heavy atom. The Labute approximate surface area is 114 Å². The number of aromatic nitrogens is 1. The molecule has 18 heavy (non-hydrogen) atoms. The normalized spacial score (nSPS) is 10.9. The van der Waals surface area contributed by atoms with Gasteiger partial charge < -0.3 is 4.74 Å². The van der Waals surface area contributed by atoms with E-state index in [1.807, 2.05) is 29.8 Å². The van der Waals surface area contributed by atoms with Gasteiger partial charge in [0, 0.05) is 22.8 Å². The standard InChI is InChI=1S/C13H13NO2S2/c1-10-14-11(9-18-10)4-5-13(15)16-7-6-12-3-2-8-17-12/h2-5,8-9H,6-7H2,1H3. The van der Waals surface area contributed by atoms with E-state index in [-0.39, 0.29) is 5.97 Å². The molecule has 0 N–H and O–H groups in total. The average Bonchev–Trinajstić information content (AvgIpc) is 2.98. The fraction of sp³-hybridized carbons (Fsp3) is 0.231. The van der Waals surface area contributed by atoms with Crippen LogP contribution in [0.2, 0.25) is 0 Å². The molecule has 2 aromatic rings. The van der Waals surface area contributed by atoms with E-state index in [0.29, 0.717) is 6.61 Å². The molecule has 0 aliphatic rings. The quantitative estimate of drug-likeness (QED) is 0.622. The van der Waals surface area contributed by atoms with Gasteiger partial charge in [-0.3, -0.25) is 0 Å². The van der Waals surface area contributed by atoms with E-state index >= 15 is 0 Å². The van der Waals surface area contributed by atoms with Crippen molar-refractivity contribution < 1.29 is 9.53 Å². The van der Waals surface area contributed by atoms with Gasteiger partial charge in [0.2, 0.25) is 0 Å². The molecule has 3 nitrogen and oxygen atoms in total. The van der Waals surface area contributed by atoms with Crippen molar-refractivity contribution in [2.24, 2.45) is 0 Å². The van der Waals surface area contributed by atoms with E-state index in [2.05, 4.69) is 4.98 Å². The van der Waals surface area contributed by atoms with Crippen LogP contribution in [-0.4, -0.2) is 17.6 Å². The molecule has 0 unspecified atom stereocenters. The minimum Gasteiger partial charge on any atom is -0.462 e. The summed E-state index contributed by atoms with van der Waals surface area (Å²) in [5.74, 6) is -0.322. The van der Waals surface area contributed by atoms with Crippen molar-refractivity contribution in [3.05, 3.63) is 44.5 Å². The summed E-state index contributed by atoms with van der Waals surface area (Å²) in [6, 6.07) is 4.03. The number of carbonyl (C=O) groups is 1. The number of esters is 1. The van der Waals surface area contributed by atoms with Gasteiger partial charge in [-0.2, -0.15) is 0 Å². The second-order valence-electron chi connectivity index (χ2n) is 3.62. The number of hydrogen-bond donors (Lipinski definition) is 0. The van der Waals surface area contributed by atoms with Crippen LogP contribution in [0.1, 0.15) is 15.6 Å². The second-order valence-corrected chi connectivity index (χ2v) is 5.72. The highest BCUT2D eigenvalue weighted by Gasteiger charge is 2.00. The van der Waals surface area contributed by atoms with E-state index in [0.717, 1.165) is 17.1 Å². The minimum absolute atomic E-state index is 0.322. The SMILES string of the molecule is Cc1nc(C=CC(=O)OCCc2cccs2)cs1. The zero-order valence-electron chi connectivity index (χ0n) is 9.96. The van der Waals surface area contributed by atoms with Gasteiger partial charge in [-0.05, 0) is 24.4 Å². The second kappa shape index (κ2) is 6.47. The van der Waals surface area contributed by atoms with E-state index < -0.39 is 0 Å². The topological polar surface area (TPSA) is 39.2 Å². The third kappa shape index (κ3) is 4.09. The molecule has 0 fully saturated rings. The smallest absolute Gasteiger partial charge is 0.330 e. The number of ether oxygens (including phenoxy) is 1. The maximum absolute atomic E-state index is 11.4. The molecule has 2 heterocycles. The Bertz CT molecular complexity index is 529. The third-order valence-corrected chi connectivity index (χ3v) is 3.93. The van der Waals surface area contributed by atoms with Crippen LogP contribution in [-0.2, 0) is 16.0 Å². The molecule has 0 aromatic carbocycles. The lowest BCUT2D eigenvalue weighted by Gasteiger charge is -1.99. The Hall–Kier alpha value is -1.46.